The molecule has 1 heterocycles. The lowest BCUT2D eigenvalue weighted by Gasteiger charge is -2.54. The molecule has 0 spiro atoms. The van der Waals surface area contributed by atoms with E-state index in [-0.39, 0.29) is 16.8 Å². The smallest absolute Gasteiger partial charge is 0.337 e. The molecule has 1 fully saturated rings. The van der Waals surface area contributed by atoms with Crippen molar-refractivity contribution in [2.24, 2.45) is 16.7 Å². The maximum atomic E-state index is 11.8. The van der Waals surface area contributed by atoms with Crippen LogP contribution in [0.25, 0.3) is 0 Å². The number of ether oxygens (including phenoxy) is 1. The molecule has 3 unspecified atom stereocenters. The number of rotatable bonds is 0. The molecule has 0 amide bonds. The molecule has 3 nitrogen and oxygen atoms in total. The fourth-order valence-corrected chi connectivity index (χ4v) is 4.63. The molecule has 3 aliphatic rings. The Hall–Kier alpha value is -0.830. The second-order valence-corrected chi connectivity index (χ2v) is 7.03. The van der Waals surface area contributed by atoms with Crippen LogP contribution in [0.3, 0.4) is 0 Å². The van der Waals surface area contributed by atoms with Crippen molar-refractivity contribution in [1.29, 1.82) is 0 Å². The SMILES string of the molecule is CC1(C)CCCC2(C)C3=C(C(=O)OC3)C(O)CC12. The summed E-state index contributed by atoms with van der Waals surface area (Å²) in [6.45, 7) is 7.26. The Morgan fingerprint density at radius 2 is 2.00 bits per heavy atom. The van der Waals surface area contributed by atoms with E-state index < -0.39 is 6.10 Å². The molecule has 0 aromatic carbocycles. The highest BCUT2D eigenvalue weighted by Gasteiger charge is 2.55. The van der Waals surface area contributed by atoms with E-state index in [1.807, 2.05) is 0 Å². The normalized spacial score (nSPS) is 42.3. The Morgan fingerprint density at radius 3 is 2.72 bits per heavy atom. The van der Waals surface area contributed by atoms with Gasteiger partial charge in [0.2, 0.25) is 0 Å². The molecule has 0 aromatic rings. The molecule has 2 aliphatic carbocycles. The predicted octanol–water partition coefficient (Wildman–Crippen LogP) is 2.44. The van der Waals surface area contributed by atoms with E-state index >= 15 is 0 Å². The Labute approximate surface area is 108 Å². The van der Waals surface area contributed by atoms with Crippen molar-refractivity contribution < 1.29 is 14.6 Å². The topological polar surface area (TPSA) is 46.5 Å². The maximum absolute atomic E-state index is 11.8. The minimum atomic E-state index is -0.620. The first-order valence-electron chi connectivity index (χ1n) is 6.95. The van der Waals surface area contributed by atoms with Crippen LogP contribution >= 0.6 is 0 Å². The Morgan fingerprint density at radius 1 is 1.28 bits per heavy atom. The molecule has 0 bridgehead atoms. The average Bonchev–Trinajstić information content (AvgIpc) is 2.66. The van der Waals surface area contributed by atoms with Crippen molar-refractivity contribution in [1.82, 2.24) is 0 Å². The summed E-state index contributed by atoms with van der Waals surface area (Å²) in [5.74, 6) is 0.155. The van der Waals surface area contributed by atoms with Crippen LogP contribution in [-0.4, -0.2) is 23.8 Å². The van der Waals surface area contributed by atoms with Gasteiger partial charge in [-0.2, -0.15) is 0 Å². The molecule has 1 saturated carbocycles. The summed E-state index contributed by atoms with van der Waals surface area (Å²) in [6, 6.07) is 0. The Balaban J connectivity index is 2.11. The van der Waals surface area contributed by atoms with E-state index in [4.69, 9.17) is 4.74 Å². The minimum absolute atomic E-state index is 0.0441. The van der Waals surface area contributed by atoms with E-state index in [0.29, 0.717) is 24.5 Å². The number of carbonyl (C=O) groups excluding carboxylic acids is 1. The van der Waals surface area contributed by atoms with Crippen LogP contribution in [0.1, 0.15) is 46.5 Å². The van der Waals surface area contributed by atoms with Gasteiger partial charge in [0.05, 0.1) is 11.7 Å². The van der Waals surface area contributed by atoms with Crippen LogP contribution in [0, 0.1) is 16.7 Å². The fourth-order valence-electron chi connectivity index (χ4n) is 4.63. The highest BCUT2D eigenvalue weighted by atomic mass is 16.5. The highest BCUT2D eigenvalue weighted by Crippen LogP contribution is 2.60. The van der Waals surface area contributed by atoms with Gasteiger partial charge in [-0.3, -0.25) is 0 Å². The van der Waals surface area contributed by atoms with Crippen LogP contribution in [0.4, 0.5) is 0 Å². The summed E-state index contributed by atoms with van der Waals surface area (Å²) in [4.78, 5) is 11.8. The van der Waals surface area contributed by atoms with Crippen LogP contribution in [0.2, 0.25) is 0 Å². The number of aliphatic hydroxyl groups is 1. The second-order valence-electron chi connectivity index (χ2n) is 7.03. The third kappa shape index (κ3) is 1.43. The van der Waals surface area contributed by atoms with E-state index in [2.05, 4.69) is 20.8 Å². The van der Waals surface area contributed by atoms with E-state index in [1.165, 1.54) is 12.8 Å². The van der Waals surface area contributed by atoms with Crippen LogP contribution in [-0.2, 0) is 9.53 Å². The van der Waals surface area contributed by atoms with Gasteiger partial charge in [0, 0.05) is 0 Å². The Bertz CT molecular complexity index is 435. The van der Waals surface area contributed by atoms with E-state index in [9.17, 15) is 9.90 Å². The van der Waals surface area contributed by atoms with Crippen molar-refractivity contribution in [3.05, 3.63) is 11.1 Å². The first-order valence-corrected chi connectivity index (χ1v) is 6.95. The second kappa shape index (κ2) is 3.60. The lowest BCUT2D eigenvalue weighted by molar-refractivity contribution is -0.137. The largest absolute Gasteiger partial charge is 0.458 e. The molecule has 0 aromatic heterocycles. The highest BCUT2D eigenvalue weighted by molar-refractivity contribution is 5.93. The number of hydrogen-bond donors (Lipinski definition) is 1. The van der Waals surface area contributed by atoms with E-state index in [0.717, 1.165) is 12.0 Å². The standard InChI is InChI=1S/C15H22O3/c1-14(2)5-4-6-15(3)9-8-18-13(17)12(9)10(16)7-11(14)15/h10-11,16H,4-8H2,1-3H3. The average molecular weight is 250 g/mol. The summed E-state index contributed by atoms with van der Waals surface area (Å²) >= 11 is 0. The molecular formula is C15H22O3. The van der Waals surface area contributed by atoms with Gasteiger partial charge in [-0.15, -0.1) is 0 Å². The molecule has 1 N–H and O–H groups in total. The number of fused-ring (bicyclic) bond motifs is 2. The molecule has 0 saturated heterocycles. The fraction of sp³-hybridized carbons (Fsp3) is 0.800. The molecule has 3 atom stereocenters. The zero-order valence-corrected chi connectivity index (χ0v) is 11.5. The maximum Gasteiger partial charge on any atom is 0.337 e. The van der Waals surface area contributed by atoms with Gasteiger partial charge in [0.25, 0.3) is 0 Å². The first kappa shape index (κ1) is 12.2. The summed E-state index contributed by atoms with van der Waals surface area (Å²) in [7, 11) is 0. The van der Waals surface area contributed by atoms with Gasteiger partial charge in [-0.05, 0) is 41.6 Å². The van der Waals surface area contributed by atoms with Crippen LogP contribution in [0.5, 0.6) is 0 Å². The third-order valence-corrected chi connectivity index (χ3v) is 5.60. The van der Waals surface area contributed by atoms with Gasteiger partial charge >= 0.3 is 5.97 Å². The van der Waals surface area contributed by atoms with Crippen molar-refractivity contribution in [2.45, 2.75) is 52.6 Å². The zero-order valence-electron chi connectivity index (χ0n) is 11.5. The van der Waals surface area contributed by atoms with Crippen molar-refractivity contribution in [3.63, 3.8) is 0 Å². The lowest BCUT2D eigenvalue weighted by Crippen LogP contribution is -2.48. The number of aliphatic hydroxyl groups excluding tert-OH is 1. The van der Waals surface area contributed by atoms with Gasteiger partial charge in [0.15, 0.2) is 0 Å². The van der Waals surface area contributed by atoms with Crippen LogP contribution < -0.4 is 0 Å². The summed E-state index contributed by atoms with van der Waals surface area (Å²) in [5.41, 5.74) is 1.94. The van der Waals surface area contributed by atoms with Crippen molar-refractivity contribution in [2.75, 3.05) is 6.61 Å². The van der Waals surface area contributed by atoms with Gasteiger partial charge in [-0.25, -0.2) is 4.79 Å². The number of carbonyl (C=O) groups is 1. The molecular weight excluding hydrogens is 228 g/mol. The minimum Gasteiger partial charge on any atom is -0.458 e. The molecule has 100 valence electrons. The van der Waals surface area contributed by atoms with Gasteiger partial charge in [0.1, 0.15) is 6.61 Å². The number of esters is 1. The van der Waals surface area contributed by atoms with E-state index in [1.54, 1.807) is 0 Å². The summed E-state index contributed by atoms with van der Waals surface area (Å²) in [6.07, 6.45) is 3.60. The number of hydrogen-bond acceptors (Lipinski definition) is 3. The molecule has 18 heavy (non-hydrogen) atoms. The Kier molecular flexibility index (Phi) is 2.44. The third-order valence-electron chi connectivity index (χ3n) is 5.60. The van der Waals surface area contributed by atoms with Gasteiger partial charge in [-0.1, -0.05) is 27.2 Å². The van der Waals surface area contributed by atoms with Crippen molar-refractivity contribution in [3.8, 4) is 0 Å². The predicted molar refractivity (Wildman–Crippen MR) is 67.8 cm³/mol. The molecule has 3 rings (SSSR count). The summed E-state index contributed by atoms with van der Waals surface area (Å²) in [5, 5.41) is 10.3. The summed E-state index contributed by atoms with van der Waals surface area (Å²) < 4.78 is 5.18. The molecule has 3 heteroatoms. The monoisotopic (exact) mass is 250 g/mol. The molecule has 1 aliphatic heterocycles. The zero-order chi connectivity index (χ0) is 13.1. The molecule has 0 radical (unpaired) electrons. The van der Waals surface area contributed by atoms with Crippen LogP contribution in [0.15, 0.2) is 11.1 Å². The first-order chi connectivity index (χ1) is 8.36. The van der Waals surface area contributed by atoms with Gasteiger partial charge < -0.3 is 9.84 Å². The van der Waals surface area contributed by atoms with Crippen molar-refractivity contribution >= 4 is 5.97 Å². The number of cyclic esters (lactones) is 1. The quantitative estimate of drug-likeness (QED) is 0.672. The lowest BCUT2D eigenvalue weighted by atomic mass is 9.50.